The molecule has 4 rings (SSSR count). The number of nitrogens with zero attached hydrogens (tertiary/aromatic N) is 4. The second-order valence-corrected chi connectivity index (χ2v) is 6.59. The third-order valence-corrected chi connectivity index (χ3v) is 5.23. The van der Waals surface area contributed by atoms with Gasteiger partial charge in [-0.2, -0.15) is 4.37 Å². The Labute approximate surface area is 138 Å². The van der Waals surface area contributed by atoms with Gasteiger partial charge in [-0.05, 0) is 23.7 Å². The predicted octanol–water partition coefficient (Wildman–Crippen LogP) is 1.61. The van der Waals surface area contributed by atoms with Crippen LogP contribution >= 0.6 is 11.5 Å². The van der Waals surface area contributed by atoms with Crippen LogP contribution in [0.1, 0.15) is 0 Å². The van der Waals surface area contributed by atoms with Crippen LogP contribution in [0, 0.1) is 0 Å². The highest BCUT2D eigenvalue weighted by Crippen LogP contribution is 2.29. The summed E-state index contributed by atoms with van der Waals surface area (Å²) < 4.78 is 7.61. The van der Waals surface area contributed by atoms with Crippen molar-refractivity contribution in [1.29, 1.82) is 0 Å². The van der Waals surface area contributed by atoms with Crippen molar-refractivity contribution in [3.8, 4) is 0 Å². The lowest BCUT2D eigenvalue weighted by atomic mass is 10.2. The molecule has 0 aliphatic carbocycles. The molecule has 7 heteroatoms. The number of aromatic amines is 1. The van der Waals surface area contributed by atoms with E-state index in [9.17, 15) is 4.79 Å². The third-order valence-electron chi connectivity index (χ3n) is 4.41. The van der Waals surface area contributed by atoms with Gasteiger partial charge >= 0.3 is 5.69 Å². The molecule has 23 heavy (non-hydrogen) atoms. The Morgan fingerprint density at radius 1 is 1.13 bits per heavy atom. The Morgan fingerprint density at radius 3 is 2.74 bits per heavy atom. The molecule has 2 aromatic heterocycles. The summed E-state index contributed by atoms with van der Waals surface area (Å²) in [6.07, 6.45) is 3.49. The molecular formula is C16H19N5OS. The van der Waals surface area contributed by atoms with Gasteiger partial charge < -0.3 is 9.88 Å². The number of hydrogen-bond donors (Lipinski definition) is 1. The fourth-order valence-electron chi connectivity index (χ4n) is 3.06. The normalized spacial score (nSPS) is 16.3. The van der Waals surface area contributed by atoms with E-state index in [-0.39, 0.29) is 5.69 Å². The number of piperazine rings is 1. The highest BCUT2D eigenvalue weighted by Gasteiger charge is 2.20. The zero-order chi connectivity index (χ0) is 15.6. The van der Waals surface area contributed by atoms with Crippen LogP contribution in [0.25, 0.3) is 10.1 Å². The molecule has 1 N–H and O–H groups in total. The van der Waals surface area contributed by atoms with Crippen molar-refractivity contribution >= 4 is 27.4 Å². The minimum absolute atomic E-state index is 0.0300. The van der Waals surface area contributed by atoms with E-state index in [2.05, 4.69) is 43.4 Å². The maximum atomic E-state index is 11.5. The average molecular weight is 329 g/mol. The van der Waals surface area contributed by atoms with Crippen LogP contribution in [0.3, 0.4) is 0 Å². The van der Waals surface area contributed by atoms with Crippen LogP contribution in [0.5, 0.6) is 0 Å². The van der Waals surface area contributed by atoms with Gasteiger partial charge in [-0.1, -0.05) is 12.1 Å². The maximum absolute atomic E-state index is 11.5. The van der Waals surface area contributed by atoms with E-state index in [1.54, 1.807) is 28.5 Å². The van der Waals surface area contributed by atoms with Crippen molar-refractivity contribution in [2.75, 3.05) is 37.6 Å². The molecule has 1 aliphatic rings. The highest BCUT2D eigenvalue weighted by atomic mass is 32.1. The van der Waals surface area contributed by atoms with Crippen LogP contribution in [-0.4, -0.2) is 51.5 Å². The van der Waals surface area contributed by atoms with Gasteiger partial charge in [-0.3, -0.25) is 9.47 Å². The predicted molar refractivity (Wildman–Crippen MR) is 93.3 cm³/mol. The van der Waals surface area contributed by atoms with Gasteiger partial charge in [0.1, 0.15) is 5.82 Å². The smallest absolute Gasteiger partial charge is 0.325 e. The van der Waals surface area contributed by atoms with Gasteiger partial charge in [0, 0.05) is 57.0 Å². The summed E-state index contributed by atoms with van der Waals surface area (Å²) >= 11 is 1.57. The Morgan fingerprint density at radius 2 is 1.96 bits per heavy atom. The van der Waals surface area contributed by atoms with Gasteiger partial charge in [0.05, 0.1) is 4.70 Å². The number of hydrogen-bond acceptors (Lipinski definition) is 5. The molecule has 3 aromatic rings. The van der Waals surface area contributed by atoms with Gasteiger partial charge in [0.2, 0.25) is 0 Å². The lowest BCUT2D eigenvalue weighted by molar-refractivity contribution is 0.247. The molecule has 1 aliphatic heterocycles. The number of aromatic nitrogens is 3. The first kappa shape index (κ1) is 14.5. The van der Waals surface area contributed by atoms with Gasteiger partial charge in [-0.15, -0.1) is 0 Å². The van der Waals surface area contributed by atoms with Crippen LogP contribution in [-0.2, 0) is 6.54 Å². The van der Waals surface area contributed by atoms with E-state index in [4.69, 9.17) is 0 Å². The number of nitrogens with one attached hydrogen (secondary N) is 1. The van der Waals surface area contributed by atoms with Crippen molar-refractivity contribution in [2.24, 2.45) is 0 Å². The molecule has 0 radical (unpaired) electrons. The molecule has 0 bridgehead atoms. The van der Waals surface area contributed by atoms with Crippen molar-refractivity contribution in [2.45, 2.75) is 6.54 Å². The highest BCUT2D eigenvalue weighted by molar-refractivity contribution is 7.13. The molecule has 0 amide bonds. The number of benzene rings is 1. The first-order valence-electron chi connectivity index (χ1n) is 7.87. The molecule has 1 aromatic carbocycles. The second kappa shape index (κ2) is 6.17. The Kier molecular flexibility index (Phi) is 3.88. The number of fused-ring (bicyclic) bond motifs is 1. The number of anilines is 1. The first-order valence-corrected chi connectivity index (χ1v) is 8.64. The molecule has 0 atom stereocenters. The van der Waals surface area contributed by atoms with Crippen molar-refractivity contribution in [1.82, 2.24) is 18.8 Å². The minimum atomic E-state index is -0.0300. The topological polar surface area (TPSA) is 57.2 Å². The average Bonchev–Trinajstić information content (AvgIpc) is 3.20. The summed E-state index contributed by atoms with van der Waals surface area (Å²) in [6.45, 7) is 5.62. The summed E-state index contributed by atoms with van der Waals surface area (Å²) in [5.41, 5.74) is -0.0300. The molecular weight excluding hydrogens is 310 g/mol. The summed E-state index contributed by atoms with van der Waals surface area (Å²) in [6, 6.07) is 8.41. The van der Waals surface area contributed by atoms with Gasteiger partial charge in [0.15, 0.2) is 0 Å². The second-order valence-electron chi connectivity index (χ2n) is 5.79. The fraction of sp³-hybridized carbons (Fsp3) is 0.375. The number of rotatable bonds is 4. The molecule has 3 heterocycles. The standard InChI is InChI=1S/C16H19N5OS/c22-16-17-5-6-21(16)12-9-19-7-10-20(11-8-19)15-13-3-1-2-4-14(13)23-18-15/h1-6H,7-12H2,(H,17,22). The van der Waals surface area contributed by atoms with Crippen molar-refractivity contribution < 1.29 is 0 Å². The summed E-state index contributed by atoms with van der Waals surface area (Å²) in [5, 5.41) is 1.25. The van der Waals surface area contributed by atoms with Gasteiger partial charge in [0.25, 0.3) is 0 Å². The van der Waals surface area contributed by atoms with Crippen LogP contribution in [0.4, 0.5) is 5.82 Å². The van der Waals surface area contributed by atoms with Gasteiger partial charge in [-0.25, -0.2) is 4.79 Å². The first-order chi connectivity index (χ1) is 11.3. The van der Waals surface area contributed by atoms with Crippen LogP contribution in [0.15, 0.2) is 41.5 Å². The quantitative estimate of drug-likeness (QED) is 0.790. The van der Waals surface area contributed by atoms with E-state index in [0.717, 1.165) is 45.1 Å². The minimum Gasteiger partial charge on any atom is -0.353 e. The summed E-state index contributed by atoms with van der Waals surface area (Å²) in [5.74, 6) is 1.12. The van der Waals surface area contributed by atoms with E-state index in [1.165, 1.54) is 10.1 Å². The van der Waals surface area contributed by atoms with Crippen molar-refractivity contribution in [3.05, 3.63) is 47.1 Å². The fourth-order valence-corrected chi connectivity index (χ4v) is 3.85. The van der Waals surface area contributed by atoms with E-state index >= 15 is 0 Å². The molecule has 1 saturated heterocycles. The molecule has 1 fully saturated rings. The zero-order valence-corrected chi connectivity index (χ0v) is 13.6. The Hall–Kier alpha value is -2.12. The van der Waals surface area contributed by atoms with Crippen molar-refractivity contribution in [3.63, 3.8) is 0 Å². The zero-order valence-electron chi connectivity index (χ0n) is 12.8. The lowest BCUT2D eigenvalue weighted by Crippen LogP contribution is -2.47. The number of imidazole rings is 1. The lowest BCUT2D eigenvalue weighted by Gasteiger charge is -2.35. The molecule has 0 spiro atoms. The SMILES string of the molecule is O=c1[nH]ccn1CCN1CCN(c2nsc3ccccc23)CC1. The molecule has 0 saturated carbocycles. The van der Waals surface area contributed by atoms with E-state index < -0.39 is 0 Å². The molecule has 6 nitrogen and oxygen atoms in total. The summed E-state index contributed by atoms with van der Waals surface area (Å²) in [4.78, 5) is 18.9. The van der Waals surface area contributed by atoms with Crippen LogP contribution in [0.2, 0.25) is 0 Å². The Balaban J connectivity index is 1.37. The third kappa shape index (κ3) is 2.89. The largest absolute Gasteiger partial charge is 0.353 e. The summed E-state index contributed by atoms with van der Waals surface area (Å²) in [7, 11) is 0. The molecule has 0 unspecified atom stereocenters. The van der Waals surface area contributed by atoms with E-state index in [0.29, 0.717) is 0 Å². The molecule has 120 valence electrons. The Bertz CT molecular complexity index is 843. The van der Waals surface area contributed by atoms with E-state index in [1.807, 2.05) is 0 Å². The van der Waals surface area contributed by atoms with Crippen LogP contribution < -0.4 is 10.6 Å². The number of H-pyrrole nitrogens is 1. The maximum Gasteiger partial charge on any atom is 0.325 e. The monoisotopic (exact) mass is 329 g/mol.